The van der Waals surface area contributed by atoms with Gasteiger partial charge in [0.25, 0.3) is 0 Å². The van der Waals surface area contributed by atoms with Gasteiger partial charge in [0.1, 0.15) is 6.17 Å². The van der Waals surface area contributed by atoms with Crippen LogP contribution in [0.3, 0.4) is 0 Å². The molecule has 0 saturated carbocycles. The first-order valence-electron chi connectivity index (χ1n) is 7.33. The van der Waals surface area contributed by atoms with Crippen molar-refractivity contribution in [2.75, 3.05) is 21.7 Å². The number of carbonyl (C=O) groups excluding carboxylic acids is 1. The normalized spacial score (nSPS) is 20.6. The molecule has 22 heavy (non-hydrogen) atoms. The molecule has 1 unspecified atom stereocenters. The van der Waals surface area contributed by atoms with Gasteiger partial charge in [-0.15, -0.1) is 0 Å². The summed E-state index contributed by atoms with van der Waals surface area (Å²) in [7, 11) is 0. The van der Waals surface area contributed by atoms with Crippen LogP contribution in [-0.4, -0.2) is 5.91 Å². The van der Waals surface area contributed by atoms with Crippen LogP contribution in [0.2, 0.25) is 0 Å². The lowest BCUT2D eigenvalue weighted by molar-refractivity contribution is -0.119. The molecule has 0 spiro atoms. The first kappa shape index (κ1) is 13.0. The molecular formula is C17H18N4O. The third kappa shape index (κ3) is 1.75. The first-order chi connectivity index (χ1) is 10.4. The zero-order valence-corrected chi connectivity index (χ0v) is 12.5. The summed E-state index contributed by atoms with van der Waals surface area (Å²) in [5.74, 6) is 0.0428. The van der Waals surface area contributed by atoms with Gasteiger partial charge >= 0.3 is 0 Å². The molecule has 2 aromatic carbocycles. The molecule has 1 atom stereocenters. The van der Waals surface area contributed by atoms with Gasteiger partial charge < -0.3 is 21.7 Å². The molecule has 2 aliphatic heterocycles. The number of rotatable bonds is 1. The summed E-state index contributed by atoms with van der Waals surface area (Å²) in [4.78, 5) is 12.0. The average molecular weight is 294 g/mol. The summed E-state index contributed by atoms with van der Waals surface area (Å²) in [6.07, 6.45) is 0.0111. The SMILES string of the molecule is CC1(C)C(=O)Nc2cc3c(cc21)NC(c1ccc(N)cc1)N3. The molecule has 2 aliphatic rings. The number of hydrogen-bond acceptors (Lipinski definition) is 4. The van der Waals surface area contributed by atoms with Gasteiger partial charge in [0.05, 0.1) is 16.8 Å². The van der Waals surface area contributed by atoms with Crippen LogP contribution in [0.5, 0.6) is 0 Å². The van der Waals surface area contributed by atoms with Crippen LogP contribution in [0.4, 0.5) is 22.7 Å². The second-order valence-corrected chi connectivity index (χ2v) is 6.41. The highest BCUT2D eigenvalue weighted by Crippen LogP contribution is 2.45. The van der Waals surface area contributed by atoms with Crippen LogP contribution in [0.15, 0.2) is 36.4 Å². The number of nitrogens with one attached hydrogen (secondary N) is 3. The fourth-order valence-electron chi connectivity index (χ4n) is 3.06. The van der Waals surface area contributed by atoms with Crippen LogP contribution in [-0.2, 0) is 10.2 Å². The molecule has 0 aromatic heterocycles. The summed E-state index contributed by atoms with van der Waals surface area (Å²) in [5.41, 5.74) is 11.1. The zero-order valence-electron chi connectivity index (χ0n) is 12.5. The van der Waals surface area contributed by atoms with Crippen LogP contribution in [0.25, 0.3) is 0 Å². The van der Waals surface area contributed by atoms with Crippen molar-refractivity contribution >= 4 is 28.7 Å². The van der Waals surface area contributed by atoms with Crippen molar-refractivity contribution in [3.8, 4) is 0 Å². The smallest absolute Gasteiger partial charge is 0.234 e. The van der Waals surface area contributed by atoms with E-state index < -0.39 is 5.41 Å². The molecule has 1 amide bonds. The Morgan fingerprint density at radius 1 is 1.00 bits per heavy atom. The maximum Gasteiger partial charge on any atom is 0.234 e. The lowest BCUT2D eigenvalue weighted by Crippen LogP contribution is -2.26. The fraction of sp³-hybridized carbons (Fsp3) is 0.235. The van der Waals surface area contributed by atoms with Crippen LogP contribution in [0.1, 0.15) is 31.1 Å². The van der Waals surface area contributed by atoms with Gasteiger partial charge in [0.15, 0.2) is 0 Å². The molecule has 0 fully saturated rings. The Kier molecular flexibility index (Phi) is 2.46. The molecule has 4 rings (SSSR count). The molecule has 5 N–H and O–H groups in total. The van der Waals surface area contributed by atoms with E-state index >= 15 is 0 Å². The zero-order chi connectivity index (χ0) is 15.5. The number of benzene rings is 2. The predicted octanol–water partition coefficient (Wildman–Crippen LogP) is 3.03. The lowest BCUT2D eigenvalue weighted by Gasteiger charge is -2.15. The Labute approximate surface area is 128 Å². The average Bonchev–Trinajstić information content (AvgIpc) is 2.98. The van der Waals surface area contributed by atoms with Crippen molar-refractivity contribution in [2.45, 2.75) is 25.4 Å². The Morgan fingerprint density at radius 2 is 1.64 bits per heavy atom. The Balaban J connectivity index is 1.69. The van der Waals surface area contributed by atoms with Gasteiger partial charge in [-0.2, -0.15) is 0 Å². The third-order valence-corrected chi connectivity index (χ3v) is 4.52. The maximum atomic E-state index is 12.0. The van der Waals surface area contributed by atoms with Gasteiger partial charge in [0.2, 0.25) is 5.91 Å². The molecule has 0 radical (unpaired) electrons. The molecule has 2 heterocycles. The van der Waals surface area contributed by atoms with E-state index in [0.29, 0.717) is 0 Å². The number of anilines is 4. The minimum absolute atomic E-state index is 0.0111. The molecule has 112 valence electrons. The molecule has 5 nitrogen and oxygen atoms in total. The van der Waals surface area contributed by atoms with Gasteiger partial charge in [-0.25, -0.2) is 0 Å². The lowest BCUT2D eigenvalue weighted by atomic mass is 9.86. The Morgan fingerprint density at radius 3 is 2.32 bits per heavy atom. The summed E-state index contributed by atoms with van der Waals surface area (Å²) in [5, 5.41) is 9.86. The van der Waals surface area contributed by atoms with E-state index in [4.69, 9.17) is 5.73 Å². The molecule has 0 saturated heterocycles. The number of amides is 1. The monoisotopic (exact) mass is 294 g/mol. The molecular weight excluding hydrogens is 276 g/mol. The van der Waals surface area contributed by atoms with Crippen LogP contribution in [0, 0.1) is 0 Å². The quantitative estimate of drug-likeness (QED) is 0.610. The van der Waals surface area contributed by atoms with E-state index in [1.54, 1.807) is 0 Å². The van der Waals surface area contributed by atoms with E-state index in [-0.39, 0.29) is 12.1 Å². The Bertz CT molecular complexity index is 780. The third-order valence-electron chi connectivity index (χ3n) is 4.52. The van der Waals surface area contributed by atoms with E-state index in [1.807, 2.05) is 44.2 Å². The summed E-state index contributed by atoms with van der Waals surface area (Å²) >= 11 is 0. The van der Waals surface area contributed by atoms with Crippen molar-refractivity contribution in [1.29, 1.82) is 0 Å². The highest BCUT2D eigenvalue weighted by atomic mass is 16.2. The molecule has 5 heteroatoms. The van der Waals surface area contributed by atoms with Gasteiger partial charge in [-0.1, -0.05) is 12.1 Å². The second-order valence-electron chi connectivity index (χ2n) is 6.41. The first-order valence-corrected chi connectivity index (χ1v) is 7.33. The maximum absolute atomic E-state index is 12.0. The van der Waals surface area contributed by atoms with Crippen molar-refractivity contribution < 1.29 is 4.79 Å². The molecule has 0 aliphatic carbocycles. The van der Waals surface area contributed by atoms with Crippen molar-refractivity contribution in [1.82, 2.24) is 0 Å². The largest absolute Gasteiger partial charge is 0.399 e. The number of hydrogen-bond donors (Lipinski definition) is 4. The minimum Gasteiger partial charge on any atom is -0.399 e. The van der Waals surface area contributed by atoms with Crippen molar-refractivity contribution in [3.63, 3.8) is 0 Å². The van der Waals surface area contributed by atoms with Crippen LogP contribution < -0.4 is 21.7 Å². The minimum atomic E-state index is -0.495. The predicted molar refractivity (Wildman–Crippen MR) is 88.9 cm³/mol. The number of fused-ring (bicyclic) bond motifs is 2. The molecule has 0 bridgehead atoms. The Hall–Kier alpha value is -2.69. The van der Waals surface area contributed by atoms with Gasteiger partial charge in [-0.05, 0) is 49.2 Å². The summed E-state index contributed by atoms with van der Waals surface area (Å²) in [6.45, 7) is 3.89. The van der Waals surface area contributed by atoms with E-state index in [2.05, 4.69) is 22.0 Å². The topological polar surface area (TPSA) is 79.2 Å². The van der Waals surface area contributed by atoms with Gasteiger partial charge in [0, 0.05) is 11.4 Å². The standard InChI is InChI=1S/C17H18N4O/c1-17(2)11-7-13-14(8-12(11)21-16(17)22)20-15(19-13)9-3-5-10(18)6-4-9/h3-8,15,19-20H,18H2,1-2H3,(H,21,22). The number of nitrogen functional groups attached to an aromatic ring is 1. The van der Waals surface area contributed by atoms with Gasteiger partial charge in [-0.3, -0.25) is 4.79 Å². The summed E-state index contributed by atoms with van der Waals surface area (Å²) in [6, 6.07) is 11.9. The summed E-state index contributed by atoms with van der Waals surface area (Å²) < 4.78 is 0. The number of carbonyl (C=O) groups is 1. The highest BCUT2D eigenvalue weighted by molar-refractivity contribution is 6.07. The van der Waals surface area contributed by atoms with E-state index in [1.165, 1.54) is 0 Å². The van der Waals surface area contributed by atoms with E-state index in [9.17, 15) is 4.79 Å². The number of nitrogens with two attached hydrogens (primary N) is 1. The molecule has 2 aromatic rings. The fourth-order valence-corrected chi connectivity index (χ4v) is 3.06. The van der Waals surface area contributed by atoms with Crippen LogP contribution >= 0.6 is 0 Å². The second kappa shape index (κ2) is 4.16. The highest BCUT2D eigenvalue weighted by Gasteiger charge is 2.39. The van der Waals surface area contributed by atoms with E-state index in [0.717, 1.165) is 33.9 Å². The van der Waals surface area contributed by atoms with Crippen molar-refractivity contribution in [3.05, 3.63) is 47.5 Å². The van der Waals surface area contributed by atoms with Crippen molar-refractivity contribution in [2.24, 2.45) is 0 Å².